The average molecular weight is 257 g/mol. The van der Waals surface area contributed by atoms with Crippen LogP contribution in [0.1, 0.15) is 20.8 Å². The van der Waals surface area contributed by atoms with Crippen LogP contribution >= 0.6 is 0 Å². The van der Waals surface area contributed by atoms with Gasteiger partial charge in [-0.15, -0.1) is 6.58 Å². The van der Waals surface area contributed by atoms with Crippen molar-refractivity contribution in [3.8, 4) is 0 Å². The Morgan fingerprint density at radius 3 is 2.33 bits per heavy atom. The van der Waals surface area contributed by atoms with Crippen LogP contribution in [0.3, 0.4) is 0 Å². The van der Waals surface area contributed by atoms with E-state index in [-0.39, 0.29) is 0 Å². The molecule has 1 amide bonds. The molecule has 0 aliphatic carbocycles. The number of methoxy groups -OCH3 is 1. The first-order valence-electron chi connectivity index (χ1n) is 5.87. The fourth-order valence-electron chi connectivity index (χ4n) is 1.68. The first kappa shape index (κ1) is 16.6. The molecule has 18 heavy (non-hydrogen) atoms. The summed E-state index contributed by atoms with van der Waals surface area (Å²) < 4.78 is 4.92. The van der Waals surface area contributed by atoms with Gasteiger partial charge in [-0.1, -0.05) is 26.8 Å². The number of carbonyl (C=O) groups is 2. The van der Waals surface area contributed by atoms with Crippen LogP contribution in [0.2, 0.25) is 0 Å². The van der Waals surface area contributed by atoms with Gasteiger partial charge in [-0.3, -0.25) is 9.59 Å². The first-order valence-corrected chi connectivity index (χ1v) is 5.87. The molecular formula is C13H23NO4. The van der Waals surface area contributed by atoms with E-state index in [1.54, 1.807) is 26.8 Å². The minimum Gasteiger partial charge on any atom is -0.481 e. The average Bonchev–Trinajstić information content (AvgIpc) is 2.21. The maximum atomic E-state index is 12.3. The SMILES string of the molecule is C=CCN(CCOC)C(=O)C(C(=O)O)C(C)(C)C. The van der Waals surface area contributed by atoms with Gasteiger partial charge in [-0.25, -0.2) is 0 Å². The third-order valence-electron chi connectivity index (χ3n) is 2.59. The molecule has 0 aromatic heterocycles. The number of carboxylic acids is 1. The fourth-order valence-corrected chi connectivity index (χ4v) is 1.68. The zero-order valence-corrected chi connectivity index (χ0v) is 11.6. The van der Waals surface area contributed by atoms with Gasteiger partial charge in [-0.05, 0) is 5.41 Å². The summed E-state index contributed by atoms with van der Waals surface area (Å²) in [4.78, 5) is 25.0. The third kappa shape index (κ3) is 4.87. The molecule has 0 saturated carbocycles. The van der Waals surface area contributed by atoms with Crippen molar-refractivity contribution in [3.63, 3.8) is 0 Å². The summed E-state index contributed by atoms with van der Waals surface area (Å²) >= 11 is 0. The molecule has 0 aromatic carbocycles. The van der Waals surface area contributed by atoms with Crippen LogP contribution in [0.15, 0.2) is 12.7 Å². The lowest BCUT2D eigenvalue weighted by Gasteiger charge is -2.31. The lowest BCUT2D eigenvalue weighted by atomic mass is 9.80. The number of rotatable bonds is 7. The predicted octanol–water partition coefficient (Wildman–Crippen LogP) is 1.39. The molecule has 0 radical (unpaired) electrons. The molecule has 1 unspecified atom stereocenters. The van der Waals surface area contributed by atoms with Gasteiger partial charge < -0.3 is 14.7 Å². The van der Waals surface area contributed by atoms with Crippen LogP contribution in [-0.4, -0.2) is 48.7 Å². The molecule has 1 atom stereocenters. The van der Waals surface area contributed by atoms with Crippen molar-refractivity contribution in [2.45, 2.75) is 20.8 Å². The molecule has 5 heteroatoms. The Bertz CT molecular complexity index is 307. The number of hydrogen-bond donors (Lipinski definition) is 1. The highest BCUT2D eigenvalue weighted by Gasteiger charge is 2.39. The van der Waals surface area contributed by atoms with E-state index < -0.39 is 23.2 Å². The molecule has 0 aromatic rings. The monoisotopic (exact) mass is 257 g/mol. The number of amides is 1. The number of carbonyl (C=O) groups excluding carboxylic acids is 1. The molecule has 5 nitrogen and oxygen atoms in total. The van der Waals surface area contributed by atoms with Gasteiger partial charge in [0.05, 0.1) is 6.61 Å². The number of hydrogen-bond acceptors (Lipinski definition) is 3. The minimum absolute atomic E-state index is 0.321. The van der Waals surface area contributed by atoms with Crippen LogP contribution in [0.5, 0.6) is 0 Å². The molecule has 0 aliphatic heterocycles. The summed E-state index contributed by atoms with van der Waals surface area (Å²) in [6.45, 7) is 9.86. The van der Waals surface area contributed by atoms with E-state index in [2.05, 4.69) is 6.58 Å². The second-order valence-electron chi connectivity index (χ2n) is 5.20. The van der Waals surface area contributed by atoms with Crippen LogP contribution in [0.25, 0.3) is 0 Å². The van der Waals surface area contributed by atoms with E-state index in [4.69, 9.17) is 4.74 Å². The maximum absolute atomic E-state index is 12.3. The maximum Gasteiger partial charge on any atom is 0.316 e. The first-order chi connectivity index (χ1) is 8.25. The largest absolute Gasteiger partial charge is 0.481 e. The van der Waals surface area contributed by atoms with Crippen molar-refractivity contribution >= 4 is 11.9 Å². The van der Waals surface area contributed by atoms with Crippen LogP contribution in [0, 0.1) is 11.3 Å². The molecule has 0 aliphatic rings. The predicted molar refractivity (Wildman–Crippen MR) is 69.2 cm³/mol. The van der Waals surface area contributed by atoms with E-state index in [1.165, 1.54) is 12.0 Å². The quantitative estimate of drug-likeness (QED) is 0.553. The molecule has 0 heterocycles. The van der Waals surface area contributed by atoms with E-state index >= 15 is 0 Å². The lowest BCUT2D eigenvalue weighted by Crippen LogP contribution is -2.46. The lowest BCUT2D eigenvalue weighted by molar-refractivity contribution is -0.156. The van der Waals surface area contributed by atoms with Crippen LogP contribution in [-0.2, 0) is 14.3 Å². The zero-order chi connectivity index (χ0) is 14.3. The van der Waals surface area contributed by atoms with Crippen molar-refractivity contribution in [2.24, 2.45) is 11.3 Å². The Hall–Kier alpha value is -1.36. The van der Waals surface area contributed by atoms with Crippen molar-refractivity contribution in [3.05, 3.63) is 12.7 Å². The zero-order valence-electron chi connectivity index (χ0n) is 11.6. The number of nitrogens with zero attached hydrogens (tertiary/aromatic N) is 1. The Balaban J connectivity index is 5.00. The summed E-state index contributed by atoms with van der Waals surface area (Å²) in [6.07, 6.45) is 1.58. The summed E-state index contributed by atoms with van der Waals surface area (Å²) in [5, 5.41) is 9.22. The normalized spacial score (nSPS) is 12.9. The van der Waals surface area contributed by atoms with Crippen LogP contribution in [0.4, 0.5) is 0 Å². The smallest absolute Gasteiger partial charge is 0.316 e. The standard InChI is InChI=1S/C13H23NO4/c1-6-7-14(8-9-18-5)11(15)10(12(16)17)13(2,3)4/h6,10H,1,7-9H2,2-5H3,(H,16,17). The topological polar surface area (TPSA) is 66.8 Å². The van der Waals surface area contributed by atoms with Crippen molar-refractivity contribution in [1.82, 2.24) is 4.90 Å². The van der Waals surface area contributed by atoms with Gasteiger partial charge >= 0.3 is 5.97 Å². The van der Waals surface area contributed by atoms with E-state index in [0.717, 1.165) is 0 Å². The van der Waals surface area contributed by atoms with Gasteiger partial charge in [0.15, 0.2) is 0 Å². The van der Waals surface area contributed by atoms with E-state index in [0.29, 0.717) is 19.7 Å². The Morgan fingerprint density at radius 2 is 2.00 bits per heavy atom. The molecule has 0 bridgehead atoms. The highest BCUT2D eigenvalue weighted by atomic mass is 16.5. The molecule has 0 saturated heterocycles. The van der Waals surface area contributed by atoms with E-state index in [9.17, 15) is 14.7 Å². The minimum atomic E-state index is -1.10. The number of aliphatic carboxylic acids is 1. The Morgan fingerprint density at radius 1 is 1.44 bits per heavy atom. The van der Waals surface area contributed by atoms with Crippen molar-refractivity contribution in [1.29, 1.82) is 0 Å². The summed E-state index contributed by atoms with van der Waals surface area (Å²) in [5.41, 5.74) is -0.630. The third-order valence-corrected chi connectivity index (χ3v) is 2.59. The molecule has 0 fully saturated rings. The summed E-state index contributed by atoms with van der Waals surface area (Å²) in [5.74, 6) is -2.56. The summed E-state index contributed by atoms with van der Waals surface area (Å²) in [6, 6.07) is 0. The van der Waals surface area contributed by atoms with E-state index in [1.807, 2.05) is 0 Å². The molecule has 0 rings (SSSR count). The Labute approximate surface area is 108 Å². The highest BCUT2D eigenvalue weighted by Crippen LogP contribution is 2.28. The van der Waals surface area contributed by atoms with Crippen molar-refractivity contribution in [2.75, 3.05) is 26.8 Å². The van der Waals surface area contributed by atoms with Gasteiger partial charge in [0.25, 0.3) is 0 Å². The van der Waals surface area contributed by atoms with Gasteiger partial charge in [0.2, 0.25) is 5.91 Å². The second-order valence-corrected chi connectivity index (χ2v) is 5.20. The number of ether oxygens (including phenoxy) is 1. The fraction of sp³-hybridized carbons (Fsp3) is 0.692. The Kier molecular flexibility index (Phi) is 6.62. The van der Waals surface area contributed by atoms with Gasteiger partial charge in [0, 0.05) is 20.2 Å². The molecular weight excluding hydrogens is 234 g/mol. The van der Waals surface area contributed by atoms with Crippen LogP contribution < -0.4 is 0 Å². The highest BCUT2D eigenvalue weighted by molar-refractivity contribution is 5.97. The second kappa shape index (κ2) is 7.16. The molecule has 1 N–H and O–H groups in total. The number of carboxylic acid groups (broad SMARTS) is 1. The van der Waals surface area contributed by atoms with Gasteiger partial charge in [-0.2, -0.15) is 0 Å². The van der Waals surface area contributed by atoms with Gasteiger partial charge in [0.1, 0.15) is 5.92 Å². The molecule has 104 valence electrons. The molecule has 0 spiro atoms. The summed E-state index contributed by atoms with van der Waals surface area (Å²) in [7, 11) is 1.54. The van der Waals surface area contributed by atoms with Crippen molar-refractivity contribution < 1.29 is 19.4 Å².